The largest absolute Gasteiger partial charge is 0.304 e. The van der Waals surface area contributed by atoms with E-state index in [1.807, 2.05) is 13.8 Å². The summed E-state index contributed by atoms with van der Waals surface area (Å²) in [5, 5.41) is 0.602. The molecule has 2 rings (SSSR count). The number of nitrogens with zero attached hydrogens (tertiary/aromatic N) is 2. The van der Waals surface area contributed by atoms with Gasteiger partial charge in [0.1, 0.15) is 5.82 Å². The minimum Gasteiger partial charge on any atom is -0.304 e. The average molecular weight is 273 g/mol. The number of benzene rings is 1. The van der Waals surface area contributed by atoms with Gasteiger partial charge in [0.05, 0.1) is 0 Å². The Hall–Kier alpha value is -0.640. The van der Waals surface area contributed by atoms with E-state index in [2.05, 4.69) is 16.8 Å². The molecule has 1 fully saturated rings. The van der Waals surface area contributed by atoms with Crippen molar-refractivity contribution in [3.05, 3.63) is 34.6 Å². The molecular weight excluding hydrogens is 251 g/mol. The highest BCUT2D eigenvalue weighted by molar-refractivity contribution is 6.30. The maximum atomic E-state index is 13.5. The van der Waals surface area contributed by atoms with Crippen LogP contribution in [-0.2, 0) is 6.54 Å². The molecule has 0 amide bonds. The molecule has 0 aliphatic carbocycles. The number of likely N-dealkylation sites (N-methyl/N-ethyl adjacent to an activating group) is 1. The minimum absolute atomic E-state index is 0.164. The van der Waals surface area contributed by atoms with E-state index >= 15 is 0 Å². The van der Waals surface area contributed by atoms with Crippen LogP contribution < -0.4 is 0 Å². The molecule has 0 atom stereocenters. The Bertz CT molecular complexity index is 363. The van der Waals surface area contributed by atoms with Crippen molar-refractivity contribution in [3.8, 4) is 0 Å². The molecule has 18 heavy (non-hydrogen) atoms. The maximum Gasteiger partial charge on any atom is 0.127 e. The van der Waals surface area contributed by atoms with Crippen LogP contribution in [0.2, 0.25) is 5.02 Å². The average Bonchev–Trinajstić information content (AvgIpc) is 2.39. The quantitative estimate of drug-likeness (QED) is 0.815. The Labute approximate surface area is 114 Å². The number of hydrogen-bond acceptors (Lipinski definition) is 2. The van der Waals surface area contributed by atoms with Crippen molar-refractivity contribution in [2.45, 2.75) is 20.4 Å². The summed E-state index contributed by atoms with van der Waals surface area (Å²) in [7, 11) is 2.11. The van der Waals surface area contributed by atoms with Gasteiger partial charge in [0, 0.05) is 43.3 Å². The summed E-state index contributed by atoms with van der Waals surface area (Å²) in [6.45, 7) is 8.72. The molecule has 1 aromatic carbocycles. The Morgan fingerprint density at radius 1 is 1.17 bits per heavy atom. The van der Waals surface area contributed by atoms with E-state index in [0.29, 0.717) is 17.1 Å². The first kappa shape index (κ1) is 15.4. The Morgan fingerprint density at radius 3 is 2.39 bits per heavy atom. The summed E-state index contributed by atoms with van der Waals surface area (Å²) >= 11 is 5.86. The smallest absolute Gasteiger partial charge is 0.127 e. The van der Waals surface area contributed by atoms with Crippen molar-refractivity contribution in [2.75, 3.05) is 33.2 Å². The summed E-state index contributed by atoms with van der Waals surface area (Å²) in [5.41, 5.74) is 0.692. The van der Waals surface area contributed by atoms with Gasteiger partial charge in [-0.25, -0.2) is 4.39 Å². The van der Waals surface area contributed by atoms with E-state index in [-0.39, 0.29) is 5.82 Å². The molecular formula is C14H22ClFN2. The highest BCUT2D eigenvalue weighted by atomic mass is 35.5. The van der Waals surface area contributed by atoms with E-state index in [1.165, 1.54) is 6.07 Å². The van der Waals surface area contributed by atoms with Crippen molar-refractivity contribution < 1.29 is 4.39 Å². The zero-order chi connectivity index (χ0) is 13.5. The third-order valence-electron chi connectivity index (χ3n) is 3.00. The van der Waals surface area contributed by atoms with Crippen LogP contribution in [0, 0.1) is 5.82 Å². The van der Waals surface area contributed by atoms with Crippen molar-refractivity contribution in [2.24, 2.45) is 0 Å². The van der Waals surface area contributed by atoms with Gasteiger partial charge in [-0.2, -0.15) is 0 Å². The van der Waals surface area contributed by atoms with Crippen molar-refractivity contribution in [3.63, 3.8) is 0 Å². The van der Waals surface area contributed by atoms with Gasteiger partial charge in [0.25, 0.3) is 0 Å². The number of rotatable bonds is 2. The van der Waals surface area contributed by atoms with E-state index < -0.39 is 0 Å². The van der Waals surface area contributed by atoms with Gasteiger partial charge in [-0.15, -0.1) is 0 Å². The molecule has 0 aromatic heterocycles. The predicted molar refractivity (Wildman–Crippen MR) is 75.5 cm³/mol. The second kappa shape index (κ2) is 7.72. The molecule has 0 spiro atoms. The molecule has 1 saturated heterocycles. The van der Waals surface area contributed by atoms with Crippen molar-refractivity contribution in [1.29, 1.82) is 0 Å². The zero-order valence-electron chi connectivity index (χ0n) is 11.4. The molecule has 1 aromatic rings. The number of piperazine rings is 1. The summed E-state index contributed by atoms with van der Waals surface area (Å²) in [4.78, 5) is 4.54. The van der Waals surface area contributed by atoms with E-state index in [0.717, 1.165) is 26.2 Å². The van der Waals surface area contributed by atoms with Crippen LogP contribution in [0.3, 0.4) is 0 Å². The van der Waals surface area contributed by atoms with Crippen molar-refractivity contribution >= 4 is 11.6 Å². The standard InChI is InChI=1S/C12H16ClFN2.C2H6/c1-15-4-6-16(7-5-15)9-10-8-11(13)2-3-12(10)14;1-2/h2-3,8H,4-7,9H2,1H3;1-2H3. The van der Waals surface area contributed by atoms with Gasteiger partial charge in [-0.05, 0) is 25.2 Å². The van der Waals surface area contributed by atoms with Gasteiger partial charge in [-0.1, -0.05) is 25.4 Å². The summed E-state index contributed by atoms with van der Waals surface area (Å²) < 4.78 is 13.5. The molecule has 1 aliphatic heterocycles. The van der Waals surface area contributed by atoms with E-state index in [4.69, 9.17) is 11.6 Å². The van der Waals surface area contributed by atoms with Crippen LogP contribution in [-0.4, -0.2) is 43.0 Å². The second-order valence-corrected chi connectivity index (χ2v) is 4.75. The number of halogens is 2. The van der Waals surface area contributed by atoms with Crippen LogP contribution in [0.25, 0.3) is 0 Å². The van der Waals surface area contributed by atoms with Gasteiger partial charge in [0.2, 0.25) is 0 Å². The molecule has 0 saturated carbocycles. The SMILES string of the molecule is CC.CN1CCN(Cc2cc(Cl)ccc2F)CC1. The molecule has 0 bridgehead atoms. The van der Waals surface area contributed by atoms with Gasteiger partial charge >= 0.3 is 0 Å². The highest BCUT2D eigenvalue weighted by Crippen LogP contribution is 2.17. The number of hydrogen-bond donors (Lipinski definition) is 0. The van der Waals surface area contributed by atoms with E-state index in [9.17, 15) is 4.39 Å². The van der Waals surface area contributed by atoms with Crippen LogP contribution >= 0.6 is 11.6 Å². The fourth-order valence-corrected chi connectivity index (χ4v) is 2.11. The molecule has 0 unspecified atom stereocenters. The van der Waals surface area contributed by atoms with Crippen LogP contribution in [0.5, 0.6) is 0 Å². The lowest BCUT2D eigenvalue weighted by atomic mass is 10.2. The topological polar surface area (TPSA) is 6.48 Å². The zero-order valence-corrected chi connectivity index (χ0v) is 12.2. The highest BCUT2D eigenvalue weighted by Gasteiger charge is 2.15. The van der Waals surface area contributed by atoms with Crippen LogP contribution in [0.15, 0.2) is 18.2 Å². The molecule has 0 radical (unpaired) electrons. The first-order chi connectivity index (χ1) is 8.65. The summed E-state index contributed by atoms with van der Waals surface area (Å²) in [6, 6.07) is 4.74. The first-order valence-corrected chi connectivity index (χ1v) is 6.88. The molecule has 4 heteroatoms. The summed E-state index contributed by atoms with van der Waals surface area (Å²) in [5.74, 6) is -0.164. The van der Waals surface area contributed by atoms with Gasteiger partial charge in [-0.3, -0.25) is 4.90 Å². The molecule has 0 N–H and O–H groups in total. The van der Waals surface area contributed by atoms with Gasteiger partial charge < -0.3 is 4.90 Å². The Morgan fingerprint density at radius 2 is 1.78 bits per heavy atom. The van der Waals surface area contributed by atoms with Crippen molar-refractivity contribution in [1.82, 2.24) is 9.80 Å². The monoisotopic (exact) mass is 272 g/mol. The fourth-order valence-electron chi connectivity index (χ4n) is 1.91. The summed E-state index contributed by atoms with van der Waals surface area (Å²) in [6.07, 6.45) is 0. The third kappa shape index (κ3) is 4.56. The normalized spacial score (nSPS) is 17.2. The third-order valence-corrected chi connectivity index (χ3v) is 3.23. The lowest BCUT2D eigenvalue weighted by Gasteiger charge is -2.32. The first-order valence-electron chi connectivity index (χ1n) is 6.50. The molecule has 1 heterocycles. The Balaban J connectivity index is 0.000000771. The van der Waals surface area contributed by atoms with E-state index in [1.54, 1.807) is 12.1 Å². The van der Waals surface area contributed by atoms with Gasteiger partial charge in [0.15, 0.2) is 0 Å². The van der Waals surface area contributed by atoms with Crippen LogP contribution in [0.4, 0.5) is 4.39 Å². The Kier molecular flexibility index (Phi) is 6.61. The minimum atomic E-state index is -0.164. The lowest BCUT2D eigenvalue weighted by Crippen LogP contribution is -2.44. The molecule has 1 aliphatic rings. The fraction of sp³-hybridized carbons (Fsp3) is 0.571. The molecule has 102 valence electrons. The molecule has 2 nitrogen and oxygen atoms in total. The lowest BCUT2D eigenvalue weighted by molar-refractivity contribution is 0.147. The maximum absolute atomic E-state index is 13.5. The predicted octanol–water partition coefficient (Wildman–Crippen LogP) is 3.25. The second-order valence-electron chi connectivity index (χ2n) is 4.32. The van der Waals surface area contributed by atoms with Crippen LogP contribution in [0.1, 0.15) is 19.4 Å².